The molecule has 0 fully saturated rings. The molecule has 0 unspecified atom stereocenters. The summed E-state index contributed by atoms with van der Waals surface area (Å²) in [7, 11) is 0. The normalized spacial score (nSPS) is 10.4. The lowest BCUT2D eigenvalue weighted by molar-refractivity contribution is 0.0943. The second-order valence-corrected chi connectivity index (χ2v) is 5.13. The number of nitrogens with one attached hydrogen (secondary N) is 2. The third kappa shape index (κ3) is 3.44. The highest BCUT2D eigenvalue weighted by molar-refractivity contribution is 7.14. The third-order valence-electron chi connectivity index (χ3n) is 2.60. The Kier molecular flexibility index (Phi) is 4.05. The molecule has 3 heterocycles. The molecule has 1 amide bonds. The first-order valence-electron chi connectivity index (χ1n) is 6.41. The molecular weight excluding hydrogens is 304 g/mol. The van der Waals surface area contributed by atoms with Crippen LogP contribution < -0.4 is 10.6 Å². The number of anilines is 2. The van der Waals surface area contributed by atoms with E-state index >= 15 is 0 Å². The molecular formula is C13H12N6O2S. The maximum atomic E-state index is 12.0. The summed E-state index contributed by atoms with van der Waals surface area (Å²) in [5, 5.41) is 15.5. The number of aromatic nitrogens is 4. The van der Waals surface area contributed by atoms with Gasteiger partial charge in [-0.2, -0.15) is 0 Å². The third-order valence-corrected chi connectivity index (χ3v) is 3.36. The Labute approximate surface area is 129 Å². The van der Waals surface area contributed by atoms with E-state index in [1.54, 1.807) is 18.5 Å². The van der Waals surface area contributed by atoms with Gasteiger partial charge in [0.2, 0.25) is 11.8 Å². The molecule has 0 saturated heterocycles. The van der Waals surface area contributed by atoms with Crippen molar-refractivity contribution >= 4 is 28.2 Å². The molecule has 0 atom stereocenters. The Hall–Kier alpha value is -2.81. The van der Waals surface area contributed by atoms with Gasteiger partial charge in [0.15, 0.2) is 5.13 Å². The molecule has 0 saturated carbocycles. The van der Waals surface area contributed by atoms with E-state index in [0.29, 0.717) is 28.4 Å². The van der Waals surface area contributed by atoms with Crippen molar-refractivity contribution in [1.82, 2.24) is 25.5 Å². The summed E-state index contributed by atoms with van der Waals surface area (Å²) in [6, 6.07) is 5.51. The van der Waals surface area contributed by atoms with Gasteiger partial charge >= 0.3 is 0 Å². The maximum absolute atomic E-state index is 12.0. The van der Waals surface area contributed by atoms with Crippen LogP contribution in [0.1, 0.15) is 22.3 Å². The van der Waals surface area contributed by atoms with Crippen LogP contribution in [-0.4, -0.2) is 26.1 Å². The summed E-state index contributed by atoms with van der Waals surface area (Å²) in [5.74, 6) is 1.18. The van der Waals surface area contributed by atoms with Crippen molar-refractivity contribution in [3.8, 4) is 0 Å². The van der Waals surface area contributed by atoms with Crippen LogP contribution >= 0.6 is 11.3 Å². The van der Waals surface area contributed by atoms with Crippen molar-refractivity contribution in [1.29, 1.82) is 0 Å². The number of aryl methyl sites for hydroxylation is 1. The molecule has 0 aliphatic heterocycles. The first-order valence-corrected chi connectivity index (χ1v) is 7.29. The largest absolute Gasteiger partial charge is 0.424 e. The Balaban J connectivity index is 1.59. The predicted octanol–water partition coefficient (Wildman–Crippen LogP) is 1.90. The van der Waals surface area contributed by atoms with E-state index < -0.39 is 0 Å². The number of carbonyl (C=O) groups is 1. The molecule has 112 valence electrons. The fourth-order valence-electron chi connectivity index (χ4n) is 1.64. The lowest BCUT2D eigenvalue weighted by atomic mass is 10.4. The Bertz CT molecular complexity index is 770. The van der Waals surface area contributed by atoms with Crippen LogP contribution in [0.25, 0.3) is 0 Å². The fraction of sp³-hybridized carbons (Fsp3) is 0.154. The van der Waals surface area contributed by atoms with Gasteiger partial charge in [-0.25, -0.2) is 9.97 Å². The van der Waals surface area contributed by atoms with Crippen molar-refractivity contribution in [2.45, 2.75) is 13.5 Å². The van der Waals surface area contributed by atoms with Crippen LogP contribution in [0.4, 0.5) is 10.9 Å². The van der Waals surface area contributed by atoms with Crippen LogP contribution in [0.3, 0.4) is 0 Å². The van der Waals surface area contributed by atoms with Gasteiger partial charge in [-0.3, -0.25) is 4.79 Å². The van der Waals surface area contributed by atoms with Crippen molar-refractivity contribution < 1.29 is 9.21 Å². The average Bonchev–Trinajstić information content (AvgIpc) is 3.15. The minimum Gasteiger partial charge on any atom is -0.424 e. The molecule has 0 aliphatic rings. The Morgan fingerprint density at radius 3 is 3.00 bits per heavy atom. The summed E-state index contributed by atoms with van der Waals surface area (Å²) in [5.41, 5.74) is 0.319. The number of thiazole rings is 1. The molecule has 0 aromatic carbocycles. The zero-order chi connectivity index (χ0) is 15.4. The van der Waals surface area contributed by atoms with Crippen LogP contribution in [0, 0.1) is 6.92 Å². The van der Waals surface area contributed by atoms with E-state index in [1.165, 1.54) is 11.3 Å². The highest BCUT2D eigenvalue weighted by Gasteiger charge is 2.12. The van der Waals surface area contributed by atoms with Crippen LogP contribution in [0.5, 0.6) is 0 Å². The first kappa shape index (κ1) is 14.1. The first-order chi connectivity index (χ1) is 10.7. The molecule has 0 spiro atoms. The molecule has 9 heteroatoms. The van der Waals surface area contributed by atoms with E-state index in [9.17, 15) is 4.79 Å². The number of pyridine rings is 1. The van der Waals surface area contributed by atoms with E-state index in [-0.39, 0.29) is 12.5 Å². The second kappa shape index (κ2) is 6.31. The number of rotatable bonds is 5. The zero-order valence-electron chi connectivity index (χ0n) is 11.6. The van der Waals surface area contributed by atoms with Crippen LogP contribution in [0.15, 0.2) is 34.2 Å². The quantitative estimate of drug-likeness (QED) is 0.740. The highest BCUT2D eigenvalue weighted by atomic mass is 32.1. The SMILES string of the molecule is Cc1nnc(CNC(=O)c2csc(Nc3ccccn3)n2)o1. The van der Waals surface area contributed by atoms with Crippen molar-refractivity contribution in [2.24, 2.45) is 0 Å². The molecule has 3 rings (SSSR count). The Morgan fingerprint density at radius 1 is 1.36 bits per heavy atom. The van der Waals surface area contributed by atoms with Crippen LogP contribution in [-0.2, 0) is 6.54 Å². The van der Waals surface area contributed by atoms with Gasteiger partial charge in [0.25, 0.3) is 5.91 Å². The van der Waals surface area contributed by atoms with Gasteiger partial charge in [0.05, 0.1) is 6.54 Å². The van der Waals surface area contributed by atoms with Gasteiger partial charge in [-0.15, -0.1) is 21.5 Å². The van der Waals surface area contributed by atoms with Crippen LogP contribution in [0.2, 0.25) is 0 Å². The smallest absolute Gasteiger partial charge is 0.271 e. The van der Waals surface area contributed by atoms with Gasteiger partial charge in [0.1, 0.15) is 11.5 Å². The van der Waals surface area contributed by atoms with Crippen molar-refractivity contribution in [3.05, 3.63) is 47.3 Å². The number of carbonyl (C=O) groups excluding carboxylic acids is 1. The summed E-state index contributed by atoms with van der Waals surface area (Å²) >= 11 is 1.32. The van der Waals surface area contributed by atoms with E-state index in [1.807, 2.05) is 18.2 Å². The minimum atomic E-state index is -0.304. The number of hydrogen-bond donors (Lipinski definition) is 2. The zero-order valence-corrected chi connectivity index (χ0v) is 12.4. The molecule has 3 aromatic rings. The molecule has 3 aromatic heterocycles. The van der Waals surface area contributed by atoms with Crippen molar-refractivity contribution in [2.75, 3.05) is 5.32 Å². The van der Waals surface area contributed by atoms with Gasteiger partial charge in [-0.05, 0) is 12.1 Å². The lowest BCUT2D eigenvalue weighted by Gasteiger charge is -2.00. The monoisotopic (exact) mass is 316 g/mol. The van der Waals surface area contributed by atoms with E-state index in [4.69, 9.17) is 4.42 Å². The molecule has 0 radical (unpaired) electrons. The summed E-state index contributed by atoms with van der Waals surface area (Å²) in [6.07, 6.45) is 1.68. The maximum Gasteiger partial charge on any atom is 0.271 e. The standard InChI is InChI=1S/C13H12N6O2S/c1-8-18-19-11(21-8)6-15-12(20)9-7-22-13(16-9)17-10-4-2-3-5-14-10/h2-5,7H,6H2,1H3,(H,15,20)(H,14,16,17). The molecule has 0 bridgehead atoms. The summed E-state index contributed by atoms with van der Waals surface area (Å²) < 4.78 is 5.18. The van der Waals surface area contributed by atoms with Gasteiger partial charge < -0.3 is 15.1 Å². The molecule has 22 heavy (non-hydrogen) atoms. The summed E-state index contributed by atoms with van der Waals surface area (Å²) in [6.45, 7) is 1.86. The highest BCUT2D eigenvalue weighted by Crippen LogP contribution is 2.19. The van der Waals surface area contributed by atoms with Crippen molar-refractivity contribution in [3.63, 3.8) is 0 Å². The van der Waals surface area contributed by atoms with Gasteiger partial charge in [0, 0.05) is 18.5 Å². The number of amides is 1. The summed E-state index contributed by atoms with van der Waals surface area (Å²) in [4.78, 5) is 20.3. The number of nitrogens with zero attached hydrogens (tertiary/aromatic N) is 4. The number of hydrogen-bond acceptors (Lipinski definition) is 8. The fourth-order valence-corrected chi connectivity index (χ4v) is 2.33. The lowest BCUT2D eigenvalue weighted by Crippen LogP contribution is -2.23. The second-order valence-electron chi connectivity index (χ2n) is 4.28. The molecule has 8 nitrogen and oxygen atoms in total. The Morgan fingerprint density at radius 2 is 2.27 bits per heavy atom. The molecule has 2 N–H and O–H groups in total. The topological polar surface area (TPSA) is 106 Å². The molecule has 0 aliphatic carbocycles. The average molecular weight is 316 g/mol. The van der Waals surface area contributed by atoms with E-state index in [2.05, 4.69) is 30.8 Å². The van der Waals surface area contributed by atoms with Gasteiger partial charge in [-0.1, -0.05) is 6.07 Å². The van der Waals surface area contributed by atoms with E-state index in [0.717, 1.165) is 0 Å². The predicted molar refractivity (Wildman–Crippen MR) is 79.8 cm³/mol. The minimum absolute atomic E-state index is 0.167.